The Hall–Kier alpha value is -1.39. The molecule has 0 aliphatic heterocycles. The van der Waals surface area contributed by atoms with Gasteiger partial charge in [-0.15, -0.1) is 0 Å². The van der Waals surface area contributed by atoms with Crippen LogP contribution in [-0.4, -0.2) is 31.3 Å². The minimum Gasteiger partial charge on any atom is -0.396 e. The SMILES string of the molecule is COC(C(=O)NCC1(CCO)CC1)c1ccccc1. The summed E-state index contributed by atoms with van der Waals surface area (Å²) in [6.07, 6.45) is 2.36. The highest BCUT2D eigenvalue weighted by Crippen LogP contribution is 2.47. The van der Waals surface area contributed by atoms with Crippen molar-refractivity contribution in [1.29, 1.82) is 0 Å². The molecule has 4 heteroatoms. The second-order valence-corrected chi connectivity index (χ2v) is 5.22. The molecule has 0 heterocycles. The number of carbonyl (C=O) groups is 1. The first-order valence-corrected chi connectivity index (χ1v) is 6.67. The summed E-state index contributed by atoms with van der Waals surface area (Å²) in [6.45, 7) is 0.807. The lowest BCUT2D eigenvalue weighted by Gasteiger charge is -2.19. The van der Waals surface area contributed by atoms with E-state index in [1.807, 2.05) is 30.3 Å². The average molecular weight is 263 g/mol. The Morgan fingerprint density at radius 1 is 1.42 bits per heavy atom. The van der Waals surface area contributed by atoms with E-state index in [9.17, 15) is 4.79 Å². The van der Waals surface area contributed by atoms with Crippen LogP contribution in [0.5, 0.6) is 0 Å². The van der Waals surface area contributed by atoms with Crippen LogP contribution in [-0.2, 0) is 9.53 Å². The summed E-state index contributed by atoms with van der Waals surface area (Å²) >= 11 is 0. The molecule has 104 valence electrons. The molecule has 19 heavy (non-hydrogen) atoms. The Balaban J connectivity index is 1.91. The molecule has 1 fully saturated rings. The zero-order chi connectivity index (χ0) is 13.7. The van der Waals surface area contributed by atoms with E-state index in [2.05, 4.69) is 5.32 Å². The van der Waals surface area contributed by atoms with Crippen molar-refractivity contribution >= 4 is 5.91 Å². The van der Waals surface area contributed by atoms with E-state index < -0.39 is 6.10 Å². The molecular formula is C15H21NO3. The normalized spacial score (nSPS) is 17.8. The van der Waals surface area contributed by atoms with E-state index in [1.165, 1.54) is 7.11 Å². The number of benzene rings is 1. The lowest BCUT2D eigenvalue weighted by Crippen LogP contribution is -2.35. The fourth-order valence-corrected chi connectivity index (χ4v) is 2.32. The quantitative estimate of drug-likeness (QED) is 0.786. The lowest BCUT2D eigenvalue weighted by molar-refractivity contribution is -0.131. The average Bonchev–Trinajstić information content (AvgIpc) is 3.19. The Kier molecular flexibility index (Phi) is 4.56. The molecule has 1 aliphatic carbocycles. The van der Waals surface area contributed by atoms with Crippen molar-refractivity contribution in [3.8, 4) is 0 Å². The van der Waals surface area contributed by atoms with Gasteiger partial charge in [0.25, 0.3) is 5.91 Å². The number of rotatable bonds is 7. The number of hydrogen-bond donors (Lipinski definition) is 2. The summed E-state index contributed by atoms with van der Waals surface area (Å²) in [6, 6.07) is 9.46. The number of carbonyl (C=O) groups excluding carboxylic acids is 1. The van der Waals surface area contributed by atoms with Crippen LogP contribution in [0.2, 0.25) is 0 Å². The topological polar surface area (TPSA) is 58.6 Å². The Morgan fingerprint density at radius 3 is 2.63 bits per heavy atom. The predicted octanol–water partition coefficient (Wildman–Crippen LogP) is 1.65. The molecule has 1 amide bonds. The Labute approximate surface area is 113 Å². The van der Waals surface area contributed by atoms with E-state index in [0.717, 1.165) is 24.8 Å². The third-order valence-corrected chi connectivity index (χ3v) is 3.81. The summed E-state index contributed by atoms with van der Waals surface area (Å²) in [7, 11) is 1.54. The molecule has 1 aliphatic rings. The Morgan fingerprint density at radius 2 is 2.11 bits per heavy atom. The van der Waals surface area contributed by atoms with E-state index in [0.29, 0.717) is 6.54 Å². The Bertz CT molecular complexity index is 415. The predicted molar refractivity (Wildman–Crippen MR) is 72.6 cm³/mol. The summed E-state index contributed by atoms with van der Waals surface area (Å²) in [5.74, 6) is -0.113. The van der Waals surface area contributed by atoms with Crippen LogP contribution >= 0.6 is 0 Å². The minimum absolute atomic E-state index is 0.113. The van der Waals surface area contributed by atoms with Crippen LogP contribution in [0.3, 0.4) is 0 Å². The van der Waals surface area contributed by atoms with Crippen molar-refractivity contribution in [3.63, 3.8) is 0 Å². The molecule has 1 aromatic carbocycles. The van der Waals surface area contributed by atoms with Gasteiger partial charge in [-0.3, -0.25) is 4.79 Å². The molecule has 0 aromatic heterocycles. The molecule has 2 rings (SSSR count). The van der Waals surface area contributed by atoms with Gasteiger partial charge in [-0.2, -0.15) is 0 Å². The highest BCUT2D eigenvalue weighted by Gasteiger charge is 2.42. The molecule has 2 N–H and O–H groups in total. The van der Waals surface area contributed by atoms with Crippen LogP contribution in [0.1, 0.15) is 30.9 Å². The third kappa shape index (κ3) is 3.55. The maximum Gasteiger partial charge on any atom is 0.253 e. The van der Waals surface area contributed by atoms with Crippen LogP contribution in [0.15, 0.2) is 30.3 Å². The van der Waals surface area contributed by atoms with Crippen molar-refractivity contribution in [1.82, 2.24) is 5.32 Å². The van der Waals surface area contributed by atoms with Crippen molar-refractivity contribution in [2.75, 3.05) is 20.3 Å². The number of amides is 1. The first kappa shape index (κ1) is 14.0. The number of ether oxygens (including phenoxy) is 1. The fraction of sp³-hybridized carbons (Fsp3) is 0.533. The van der Waals surface area contributed by atoms with Gasteiger partial charge in [0.2, 0.25) is 0 Å². The minimum atomic E-state index is -0.564. The molecular weight excluding hydrogens is 242 g/mol. The van der Waals surface area contributed by atoms with E-state index in [4.69, 9.17) is 9.84 Å². The fourth-order valence-electron chi connectivity index (χ4n) is 2.32. The summed E-state index contributed by atoms with van der Waals surface area (Å²) in [5, 5.41) is 11.9. The van der Waals surface area contributed by atoms with Gasteiger partial charge < -0.3 is 15.2 Å². The maximum atomic E-state index is 12.2. The summed E-state index contributed by atoms with van der Waals surface area (Å²) in [4.78, 5) is 12.2. The largest absolute Gasteiger partial charge is 0.396 e. The van der Waals surface area contributed by atoms with E-state index in [1.54, 1.807) is 0 Å². The highest BCUT2D eigenvalue weighted by molar-refractivity contribution is 5.82. The molecule has 0 spiro atoms. The molecule has 4 nitrogen and oxygen atoms in total. The van der Waals surface area contributed by atoms with E-state index in [-0.39, 0.29) is 17.9 Å². The number of nitrogens with one attached hydrogen (secondary N) is 1. The molecule has 0 saturated heterocycles. The monoisotopic (exact) mass is 263 g/mol. The van der Waals surface area contributed by atoms with Crippen molar-refractivity contribution in [2.24, 2.45) is 5.41 Å². The number of aliphatic hydroxyl groups excluding tert-OH is 1. The third-order valence-electron chi connectivity index (χ3n) is 3.81. The first-order valence-electron chi connectivity index (χ1n) is 6.67. The van der Waals surface area contributed by atoms with Gasteiger partial charge in [-0.1, -0.05) is 30.3 Å². The second kappa shape index (κ2) is 6.17. The van der Waals surface area contributed by atoms with Gasteiger partial charge in [0.05, 0.1) is 0 Å². The standard InChI is InChI=1S/C15H21NO3/c1-19-13(12-5-3-2-4-6-12)14(18)16-11-15(7-8-15)9-10-17/h2-6,13,17H,7-11H2,1H3,(H,16,18). The molecule has 0 radical (unpaired) electrons. The lowest BCUT2D eigenvalue weighted by atomic mass is 10.0. The van der Waals surface area contributed by atoms with Crippen LogP contribution in [0, 0.1) is 5.41 Å². The first-order chi connectivity index (χ1) is 9.21. The molecule has 1 saturated carbocycles. The zero-order valence-electron chi connectivity index (χ0n) is 11.3. The molecule has 1 aromatic rings. The van der Waals surface area contributed by atoms with E-state index >= 15 is 0 Å². The maximum absolute atomic E-state index is 12.2. The van der Waals surface area contributed by atoms with Crippen molar-refractivity contribution in [2.45, 2.75) is 25.4 Å². The summed E-state index contributed by atoms with van der Waals surface area (Å²) < 4.78 is 5.28. The number of aliphatic hydroxyl groups is 1. The van der Waals surface area contributed by atoms with Crippen molar-refractivity contribution < 1.29 is 14.6 Å². The zero-order valence-corrected chi connectivity index (χ0v) is 11.3. The van der Waals surface area contributed by atoms with Gasteiger partial charge in [-0.25, -0.2) is 0 Å². The van der Waals surface area contributed by atoms with Crippen molar-refractivity contribution in [3.05, 3.63) is 35.9 Å². The molecule has 1 unspecified atom stereocenters. The van der Waals surface area contributed by atoms with Gasteiger partial charge in [-0.05, 0) is 30.2 Å². The van der Waals surface area contributed by atoms with Crippen LogP contribution in [0.4, 0.5) is 0 Å². The van der Waals surface area contributed by atoms with Gasteiger partial charge in [0.15, 0.2) is 6.10 Å². The van der Waals surface area contributed by atoms with Crippen LogP contribution < -0.4 is 5.32 Å². The van der Waals surface area contributed by atoms with Gasteiger partial charge in [0.1, 0.15) is 0 Å². The second-order valence-electron chi connectivity index (χ2n) is 5.22. The highest BCUT2D eigenvalue weighted by atomic mass is 16.5. The smallest absolute Gasteiger partial charge is 0.253 e. The summed E-state index contributed by atoms with van der Waals surface area (Å²) in [5.41, 5.74) is 0.980. The number of methoxy groups -OCH3 is 1. The molecule has 0 bridgehead atoms. The van der Waals surface area contributed by atoms with Gasteiger partial charge >= 0.3 is 0 Å². The van der Waals surface area contributed by atoms with Crippen LogP contribution in [0.25, 0.3) is 0 Å². The number of hydrogen-bond acceptors (Lipinski definition) is 3. The molecule has 1 atom stereocenters. The van der Waals surface area contributed by atoms with Gasteiger partial charge in [0, 0.05) is 20.3 Å².